The number of hydrogen-bond donors (Lipinski definition) is 4. The van der Waals surface area contributed by atoms with E-state index in [-0.39, 0.29) is 24.5 Å². The van der Waals surface area contributed by atoms with Crippen molar-refractivity contribution in [1.82, 2.24) is 15.0 Å². The zero-order valence-corrected chi connectivity index (χ0v) is 19.7. The van der Waals surface area contributed by atoms with Crippen LogP contribution in [0.15, 0.2) is 36.7 Å². The molecule has 12 heteroatoms. The Hall–Kier alpha value is -3.25. The van der Waals surface area contributed by atoms with Gasteiger partial charge in [-0.3, -0.25) is 4.79 Å². The summed E-state index contributed by atoms with van der Waals surface area (Å²) in [5, 5.41) is 24.0. The summed E-state index contributed by atoms with van der Waals surface area (Å²) in [6.07, 6.45) is -1.09. The second kappa shape index (κ2) is 8.76. The Bertz CT molecular complexity index is 1260. The third kappa shape index (κ3) is 5.22. The highest BCUT2D eigenvalue weighted by Gasteiger charge is 2.49. The Morgan fingerprint density at radius 2 is 1.97 bits per heavy atom. The lowest BCUT2D eigenvalue weighted by Crippen LogP contribution is -2.44. The number of thiazole rings is 1. The summed E-state index contributed by atoms with van der Waals surface area (Å²) < 4.78 is 39.0. The van der Waals surface area contributed by atoms with Crippen molar-refractivity contribution in [3.8, 4) is 10.6 Å². The number of pyridine rings is 2. The lowest BCUT2D eigenvalue weighted by Gasteiger charge is -2.44. The zero-order chi connectivity index (χ0) is 25.6. The first-order chi connectivity index (χ1) is 16.3. The molecule has 1 fully saturated rings. The van der Waals surface area contributed by atoms with Crippen LogP contribution >= 0.6 is 11.3 Å². The molecule has 0 radical (unpaired) electrons. The molecule has 4 rings (SSSR count). The fraction of sp³-hybridized carbons (Fsp3) is 0.391. The van der Waals surface area contributed by atoms with Gasteiger partial charge in [-0.25, -0.2) is 15.0 Å². The number of rotatable bonds is 5. The third-order valence-corrected chi connectivity index (χ3v) is 7.40. The van der Waals surface area contributed by atoms with Crippen LogP contribution in [0.5, 0.6) is 0 Å². The maximum absolute atomic E-state index is 13.0. The molecule has 3 aromatic heterocycles. The summed E-state index contributed by atoms with van der Waals surface area (Å²) >= 11 is 1.21. The van der Waals surface area contributed by atoms with E-state index in [1.807, 2.05) is 13.8 Å². The van der Waals surface area contributed by atoms with Gasteiger partial charge in [0.05, 0.1) is 22.1 Å². The van der Waals surface area contributed by atoms with Crippen molar-refractivity contribution in [2.24, 2.45) is 11.3 Å². The molecule has 0 amide bonds. The normalized spacial score (nSPS) is 22.1. The van der Waals surface area contributed by atoms with Gasteiger partial charge in [-0.15, -0.1) is 11.3 Å². The minimum Gasteiger partial charge on any atom is -0.481 e. The highest BCUT2D eigenvalue weighted by atomic mass is 32.1. The van der Waals surface area contributed by atoms with Crippen LogP contribution in [0.4, 0.5) is 30.5 Å². The number of aliphatic carboxylic acids is 1. The van der Waals surface area contributed by atoms with Crippen molar-refractivity contribution in [2.75, 3.05) is 11.1 Å². The monoisotopic (exact) mass is 507 g/mol. The van der Waals surface area contributed by atoms with Gasteiger partial charge >= 0.3 is 12.1 Å². The standard InChI is InChI=1S/C23H24F3N5O3S/c1-21(2)11-22(34,5-3-14(21)19(32)33)20-29-10-16(35-20)15-8-13(27)9-18(30-15)31-17-7-12(4-6-28-17)23(24,25)26/h4,6-10,14,34H,3,5,11H2,1-2H3,(H,32,33)(H3,27,28,30,31)/t14-,22-/m0/s1. The number of anilines is 3. The van der Waals surface area contributed by atoms with E-state index in [1.165, 1.54) is 17.4 Å². The predicted molar refractivity (Wildman–Crippen MR) is 125 cm³/mol. The average Bonchev–Trinajstić information content (AvgIpc) is 3.23. The number of halogens is 3. The highest BCUT2D eigenvalue weighted by molar-refractivity contribution is 7.15. The number of nitrogens with two attached hydrogens (primary N) is 1. The molecule has 35 heavy (non-hydrogen) atoms. The first kappa shape index (κ1) is 24.9. The van der Waals surface area contributed by atoms with Crippen LogP contribution in [0.2, 0.25) is 0 Å². The van der Waals surface area contributed by atoms with E-state index in [2.05, 4.69) is 20.3 Å². The van der Waals surface area contributed by atoms with Crippen LogP contribution in [0.25, 0.3) is 10.6 Å². The summed E-state index contributed by atoms with van der Waals surface area (Å²) in [4.78, 5) is 24.9. The summed E-state index contributed by atoms with van der Waals surface area (Å²) in [6.45, 7) is 3.65. The molecule has 3 heterocycles. The first-order valence-corrected chi connectivity index (χ1v) is 11.6. The van der Waals surface area contributed by atoms with Gasteiger partial charge < -0.3 is 21.3 Å². The Morgan fingerprint density at radius 3 is 2.63 bits per heavy atom. The van der Waals surface area contributed by atoms with E-state index >= 15 is 0 Å². The van der Waals surface area contributed by atoms with Crippen molar-refractivity contribution in [3.63, 3.8) is 0 Å². The van der Waals surface area contributed by atoms with Crippen LogP contribution < -0.4 is 11.1 Å². The van der Waals surface area contributed by atoms with Crippen molar-refractivity contribution >= 4 is 34.6 Å². The number of nitrogens with zero attached hydrogens (tertiary/aromatic N) is 3. The van der Waals surface area contributed by atoms with Gasteiger partial charge in [0.25, 0.3) is 0 Å². The maximum atomic E-state index is 13.0. The molecule has 1 saturated carbocycles. The molecule has 0 aromatic carbocycles. The second-order valence-electron chi connectivity index (χ2n) is 9.38. The fourth-order valence-electron chi connectivity index (χ4n) is 4.54. The molecule has 3 aromatic rings. The van der Waals surface area contributed by atoms with Gasteiger partial charge in [-0.2, -0.15) is 13.2 Å². The lowest BCUT2D eigenvalue weighted by atomic mass is 9.63. The van der Waals surface area contributed by atoms with Crippen LogP contribution in [-0.2, 0) is 16.6 Å². The van der Waals surface area contributed by atoms with Crippen LogP contribution in [0.3, 0.4) is 0 Å². The van der Waals surface area contributed by atoms with Gasteiger partial charge in [0.15, 0.2) is 0 Å². The van der Waals surface area contributed by atoms with Crippen LogP contribution in [0, 0.1) is 11.3 Å². The quantitative estimate of drug-likeness (QED) is 0.377. The fourth-order valence-corrected chi connectivity index (χ4v) is 5.53. The molecule has 8 nitrogen and oxygen atoms in total. The topological polar surface area (TPSA) is 134 Å². The molecular formula is C23H24F3N5O3S. The predicted octanol–water partition coefficient (Wildman–Crippen LogP) is 5.04. The number of aliphatic hydroxyl groups is 1. The summed E-state index contributed by atoms with van der Waals surface area (Å²) in [5.74, 6) is -1.28. The molecule has 0 unspecified atom stereocenters. The molecule has 0 spiro atoms. The molecule has 0 saturated heterocycles. The van der Waals surface area contributed by atoms with E-state index in [4.69, 9.17) is 5.73 Å². The summed E-state index contributed by atoms with van der Waals surface area (Å²) in [5.41, 5.74) is 3.99. The van der Waals surface area contributed by atoms with Gasteiger partial charge in [-0.05, 0) is 42.9 Å². The molecule has 0 aliphatic heterocycles. The van der Waals surface area contributed by atoms with Crippen LogP contribution in [-0.4, -0.2) is 31.1 Å². The van der Waals surface area contributed by atoms with E-state index in [0.717, 1.165) is 18.3 Å². The largest absolute Gasteiger partial charge is 0.481 e. The molecule has 1 aliphatic rings. The Morgan fingerprint density at radius 1 is 1.23 bits per heavy atom. The first-order valence-electron chi connectivity index (χ1n) is 10.8. The van der Waals surface area contributed by atoms with Gasteiger partial charge in [-0.1, -0.05) is 13.8 Å². The van der Waals surface area contributed by atoms with E-state index in [1.54, 1.807) is 12.3 Å². The summed E-state index contributed by atoms with van der Waals surface area (Å²) in [6, 6.07) is 4.81. The van der Waals surface area contributed by atoms with E-state index in [0.29, 0.717) is 27.7 Å². The Balaban J connectivity index is 1.59. The average molecular weight is 508 g/mol. The Labute approximate surface area is 203 Å². The zero-order valence-electron chi connectivity index (χ0n) is 18.9. The van der Waals surface area contributed by atoms with E-state index < -0.39 is 34.6 Å². The van der Waals surface area contributed by atoms with E-state index in [9.17, 15) is 28.2 Å². The highest BCUT2D eigenvalue weighted by Crippen LogP contribution is 2.50. The minimum atomic E-state index is -4.51. The second-order valence-corrected chi connectivity index (χ2v) is 10.4. The number of alkyl halides is 3. The number of nitrogen functional groups attached to an aromatic ring is 1. The van der Waals surface area contributed by atoms with Crippen molar-refractivity contribution in [1.29, 1.82) is 0 Å². The maximum Gasteiger partial charge on any atom is 0.416 e. The lowest BCUT2D eigenvalue weighted by molar-refractivity contribution is -0.154. The number of carbonyl (C=O) groups is 1. The smallest absolute Gasteiger partial charge is 0.416 e. The van der Waals surface area contributed by atoms with Gasteiger partial charge in [0.1, 0.15) is 22.2 Å². The van der Waals surface area contributed by atoms with Crippen molar-refractivity contribution < 1.29 is 28.2 Å². The molecule has 186 valence electrons. The van der Waals surface area contributed by atoms with Crippen molar-refractivity contribution in [2.45, 2.75) is 44.9 Å². The number of hydrogen-bond acceptors (Lipinski definition) is 8. The third-order valence-electron chi connectivity index (χ3n) is 6.18. The van der Waals surface area contributed by atoms with Crippen LogP contribution in [0.1, 0.15) is 43.7 Å². The minimum absolute atomic E-state index is 0.0411. The SMILES string of the molecule is CC1(C)C[C@](O)(c2ncc(-c3cc(N)cc(Nc4cc(C(F)(F)F)ccn4)n3)s2)CC[C@H]1C(=O)O. The number of carboxylic acid groups (broad SMARTS) is 1. The Kier molecular flexibility index (Phi) is 6.22. The molecule has 5 N–H and O–H groups in total. The molecule has 2 atom stereocenters. The number of nitrogens with one attached hydrogen (secondary N) is 1. The molecule has 1 aliphatic carbocycles. The molecular weight excluding hydrogens is 483 g/mol. The van der Waals surface area contributed by atoms with Gasteiger partial charge in [0, 0.05) is 24.1 Å². The van der Waals surface area contributed by atoms with Gasteiger partial charge in [0.2, 0.25) is 0 Å². The number of carboxylic acids is 1. The molecule has 0 bridgehead atoms. The summed E-state index contributed by atoms with van der Waals surface area (Å²) in [7, 11) is 0. The number of aromatic nitrogens is 3. The van der Waals surface area contributed by atoms with Crippen molar-refractivity contribution in [3.05, 3.63) is 47.2 Å².